The molecule has 0 radical (unpaired) electrons. The summed E-state index contributed by atoms with van der Waals surface area (Å²) in [6.07, 6.45) is 1.62. The molecule has 1 heterocycles. The van der Waals surface area contributed by atoms with Gasteiger partial charge in [-0.15, -0.1) is 0 Å². The van der Waals surface area contributed by atoms with Crippen molar-refractivity contribution in [3.8, 4) is 11.5 Å². The number of anilines is 1. The molecule has 0 fully saturated rings. The van der Waals surface area contributed by atoms with Gasteiger partial charge in [0.05, 0.1) is 21.9 Å². The number of aromatic nitrogens is 1. The number of hydrazine groups is 1. The Hall–Kier alpha value is -1.69. The van der Waals surface area contributed by atoms with Gasteiger partial charge in [0.1, 0.15) is 5.75 Å². The molecule has 2 rings (SSSR count). The van der Waals surface area contributed by atoms with Gasteiger partial charge in [0.15, 0.2) is 5.75 Å². The van der Waals surface area contributed by atoms with Crippen molar-refractivity contribution in [3.63, 3.8) is 0 Å². The standard InChI is InChI=1S/C14H15Cl2N3O2/c1-8(2)19-7-10(3-4-13(19)20)21-14-11(15)5-9(18-17)6-12(14)16/h3-8,18H,17H2,1-2H3. The van der Waals surface area contributed by atoms with E-state index < -0.39 is 0 Å². The first-order valence-electron chi connectivity index (χ1n) is 6.28. The Balaban J connectivity index is 2.39. The molecule has 112 valence electrons. The highest BCUT2D eigenvalue weighted by Crippen LogP contribution is 2.38. The van der Waals surface area contributed by atoms with E-state index in [1.807, 2.05) is 13.8 Å². The summed E-state index contributed by atoms with van der Waals surface area (Å²) in [5.74, 6) is 6.10. The summed E-state index contributed by atoms with van der Waals surface area (Å²) in [5.41, 5.74) is 2.94. The topological polar surface area (TPSA) is 69.3 Å². The van der Waals surface area contributed by atoms with Crippen LogP contribution in [0.5, 0.6) is 11.5 Å². The van der Waals surface area contributed by atoms with Crippen molar-refractivity contribution >= 4 is 28.9 Å². The van der Waals surface area contributed by atoms with Gasteiger partial charge in [-0.25, -0.2) is 0 Å². The van der Waals surface area contributed by atoms with Gasteiger partial charge < -0.3 is 14.7 Å². The maximum atomic E-state index is 11.7. The lowest BCUT2D eigenvalue weighted by Crippen LogP contribution is -2.19. The van der Waals surface area contributed by atoms with E-state index in [2.05, 4.69) is 5.43 Å². The Morgan fingerprint density at radius 2 is 1.86 bits per heavy atom. The van der Waals surface area contributed by atoms with Crippen molar-refractivity contribution < 1.29 is 4.74 Å². The van der Waals surface area contributed by atoms with Gasteiger partial charge in [0.25, 0.3) is 5.56 Å². The molecule has 2 aromatic rings. The molecule has 0 aliphatic rings. The van der Waals surface area contributed by atoms with E-state index in [1.165, 1.54) is 6.07 Å². The number of pyridine rings is 1. The Morgan fingerprint density at radius 3 is 2.38 bits per heavy atom. The number of rotatable bonds is 4. The van der Waals surface area contributed by atoms with Gasteiger partial charge >= 0.3 is 0 Å². The van der Waals surface area contributed by atoms with E-state index in [4.69, 9.17) is 33.8 Å². The third-order valence-electron chi connectivity index (χ3n) is 2.85. The van der Waals surface area contributed by atoms with Crippen molar-refractivity contribution in [3.05, 3.63) is 50.9 Å². The second-order valence-electron chi connectivity index (χ2n) is 4.72. The molecule has 0 aliphatic carbocycles. The van der Waals surface area contributed by atoms with Gasteiger partial charge in [-0.3, -0.25) is 10.6 Å². The van der Waals surface area contributed by atoms with Gasteiger partial charge in [-0.1, -0.05) is 23.2 Å². The lowest BCUT2D eigenvalue weighted by molar-refractivity contribution is 0.466. The fraction of sp³-hybridized carbons (Fsp3) is 0.214. The first kappa shape index (κ1) is 15.7. The number of nitrogens with two attached hydrogens (primary N) is 1. The summed E-state index contributed by atoms with van der Waals surface area (Å²) in [4.78, 5) is 11.7. The summed E-state index contributed by atoms with van der Waals surface area (Å²) >= 11 is 12.2. The van der Waals surface area contributed by atoms with E-state index in [-0.39, 0.29) is 11.6 Å². The van der Waals surface area contributed by atoms with E-state index in [0.29, 0.717) is 27.2 Å². The maximum Gasteiger partial charge on any atom is 0.251 e. The summed E-state index contributed by atoms with van der Waals surface area (Å²) < 4.78 is 7.26. The van der Waals surface area contributed by atoms with Crippen LogP contribution in [-0.2, 0) is 0 Å². The zero-order chi connectivity index (χ0) is 15.6. The van der Waals surface area contributed by atoms with Crippen molar-refractivity contribution in [1.82, 2.24) is 4.57 Å². The van der Waals surface area contributed by atoms with Crippen LogP contribution in [0.15, 0.2) is 35.3 Å². The Labute approximate surface area is 132 Å². The lowest BCUT2D eigenvalue weighted by atomic mass is 10.3. The van der Waals surface area contributed by atoms with E-state index >= 15 is 0 Å². The largest absolute Gasteiger partial charge is 0.453 e. The predicted molar refractivity (Wildman–Crippen MR) is 85.4 cm³/mol. The van der Waals surface area contributed by atoms with Gasteiger partial charge in [-0.2, -0.15) is 0 Å². The lowest BCUT2D eigenvalue weighted by Gasteiger charge is -2.14. The SMILES string of the molecule is CC(C)n1cc(Oc2c(Cl)cc(NN)cc2Cl)ccc1=O. The summed E-state index contributed by atoms with van der Waals surface area (Å²) in [6.45, 7) is 3.82. The second-order valence-corrected chi connectivity index (χ2v) is 5.53. The van der Waals surface area contributed by atoms with Crippen LogP contribution in [-0.4, -0.2) is 4.57 Å². The number of ether oxygens (including phenoxy) is 1. The van der Waals surface area contributed by atoms with Crippen LogP contribution >= 0.6 is 23.2 Å². The number of nitrogens with zero attached hydrogens (tertiary/aromatic N) is 1. The molecule has 0 spiro atoms. The maximum absolute atomic E-state index is 11.7. The normalized spacial score (nSPS) is 10.8. The molecule has 21 heavy (non-hydrogen) atoms. The Morgan fingerprint density at radius 1 is 1.24 bits per heavy atom. The van der Waals surface area contributed by atoms with Crippen LogP contribution < -0.4 is 21.6 Å². The Bertz CT molecular complexity index is 691. The number of benzene rings is 1. The van der Waals surface area contributed by atoms with E-state index in [1.54, 1.807) is 29.0 Å². The quantitative estimate of drug-likeness (QED) is 0.661. The first-order chi connectivity index (χ1) is 9.92. The van der Waals surface area contributed by atoms with Crippen LogP contribution in [0.2, 0.25) is 10.0 Å². The van der Waals surface area contributed by atoms with Crippen molar-refractivity contribution in [2.24, 2.45) is 5.84 Å². The van der Waals surface area contributed by atoms with Gasteiger partial charge in [0, 0.05) is 12.1 Å². The average Bonchev–Trinajstić information content (AvgIpc) is 2.43. The molecule has 0 aliphatic heterocycles. The third-order valence-corrected chi connectivity index (χ3v) is 3.41. The molecule has 7 heteroatoms. The minimum atomic E-state index is -0.0998. The second kappa shape index (κ2) is 6.39. The number of hydrogen-bond acceptors (Lipinski definition) is 4. The predicted octanol–water partition coefficient (Wildman–Crippen LogP) is 3.81. The van der Waals surface area contributed by atoms with Gasteiger partial charge in [-0.05, 0) is 32.0 Å². The summed E-state index contributed by atoms with van der Waals surface area (Å²) in [6, 6.07) is 6.23. The zero-order valence-corrected chi connectivity index (χ0v) is 13.1. The molecule has 0 unspecified atom stereocenters. The molecule has 1 aromatic carbocycles. The fourth-order valence-electron chi connectivity index (χ4n) is 1.81. The molecule has 0 bridgehead atoms. The van der Waals surface area contributed by atoms with Crippen molar-refractivity contribution in [2.45, 2.75) is 19.9 Å². The van der Waals surface area contributed by atoms with Crippen LogP contribution in [0.25, 0.3) is 0 Å². The minimum Gasteiger partial charge on any atom is -0.453 e. The number of hydrogen-bond donors (Lipinski definition) is 2. The smallest absolute Gasteiger partial charge is 0.251 e. The molecule has 3 N–H and O–H groups in total. The number of halogens is 2. The molecule has 1 aromatic heterocycles. The van der Waals surface area contributed by atoms with Crippen LogP contribution in [0, 0.1) is 0 Å². The molecule has 0 saturated carbocycles. The molecule has 0 amide bonds. The highest BCUT2D eigenvalue weighted by Gasteiger charge is 2.12. The Kier molecular flexibility index (Phi) is 4.77. The molecule has 5 nitrogen and oxygen atoms in total. The summed E-state index contributed by atoms with van der Waals surface area (Å²) in [5, 5.41) is 0.635. The highest BCUT2D eigenvalue weighted by molar-refractivity contribution is 6.37. The summed E-state index contributed by atoms with van der Waals surface area (Å²) in [7, 11) is 0. The van der Waals surface area contributed by atoms with Crippen LogP contribution in [0.3, 0.4) is 0 Å². The van der Waals surface area contributed by atoms with Crippen LogP contribution in [0.4, 0.5) is 5.69 Å². The highest BCUT2D eigenvalue weighted by atomic mass is 35.5. The van der Waals surface area contributed by atoms with Gasteiger partial charge in [0.2, 0.25) is 0 Å². The van der Waals surface area contributed by atoms with Crippen molar-refractivity contribution in [1.29, 1.82) is 0 Å². The first-order valence-corrected chi connectivity index (χ1v) is 7.03. The molecule has 0 atom stereocenters. The van der Waals surface area contributed by atoms with E-state index in [0.717, 1.165) is 0 Å². The van der Waals surface area contributed by atoms with E-state index in [9.17, 15) is 4.79 Å². The monoisotopic (exact) mass is 327 g/mol. The fourth-order valence-corrected chi connectivity index (χ4v) is 2.37. The number of nitrogen functional groups attached to an aromatic ring is 1. The average molecular weight is 328 g/mol. The third kappa shape index (κ3) is 3.50. The molecule has 0 saturated heterocycles. The number of nitrogens with one attached hydrogen (secondary N) is 1. The zero-order valence-electron chi connectivity index (χ0n) is 11.6. The van der Waals surface area contributed by atoms with Crippen molar-refractivity contribution in [2.75, 3.05) is 5.43 Å². The van der Waals surface area contributed by atoms with Crippen LogP contribution in [0.1, 0.15) is 19.9 Å². The molecular formula is C14H15Cl2N3O2. The molecular weight excluding hydrogens is 313 g/mol. The minimum absolute atomic E-state index is 0.0239.